The van der Waals surface area contributed by atoms with Gasteiger partial charge in [-0.15, -0.1) is 5.10 Å². The van der Waals surface area contributed by atoms with Crippen LogP contribution in [0.2, 0.25) is 0 Å². The van der Waals surface area contributed by atoms with Gasteiger partial charge < -0.3 is 4.74 Å². The highest BCUT2D eigenvalue weighted by Gasteiger charge is 2.36. The van der Waals surface area contributed by atoms with Crippen molar-refractivity contribution < 1.29 is 9.53 Å². The molecule has 1 amide bonds. The molecular weight excluding hydrogens is 426 g/mol. The standard InChI is InChI=1S/C20H20BrN3O2S/c1-3-18-19(25)24(13-14-7-5-4-6-8-14)20(27-18)23-22-12-15-11-16(21)9-10-17(15)26-2/h4-12,18H,3,13H2,1-2H3. The maximum atomic E-state index is 12.7. The first-order chi connectivity index (χ1) is 13.1. The van der Waals surface area contributed by atoms with Crippen molar-refractivity contribution in [2.75, 3.05) is 7.11 Å². The third-order valence-corrected chi connectivity index (χ3v) is 5.93. The number of amidine groups is 1. The monoisotopic (exact) mass is 445 g/mol. The van der Waals surface area contributed by atoms with Crippen molar-refractivity contribution in [2.24, 2.45) is 10.2 Å². The van der Waals surface area contributed by atoms with Crippen molar-refractivity contribution in [2.45, 2.75) is 25.1 Å². The molecule has 3 rings (SSSR count). The quantitative estimate of drug-likeness (QED) is 0.478. The van der Waals surface area contributed by atoms with E-state index in [1.54, 1.807) is 18.2 Å². The summed E-state index contributed by atoms with van der Waals surface area (Å²) in [4.78, 5) is 14.4. The van der Waals surface area contributed by atoms with Crippen molar-refractivity contribution in [3.8, 4) is 5.75 Å². The van der Waals surface area contributed by atoms with Crippen LogP contribution in [0.15, 0.2) is 63.2 Å². The number of hydrogen-bond donors (Lipinski definition) is 0. The Labute approximate surface area is 171 Å². The number of nitrogens with zero attached hydrogens (tertiary/aromatic N) is 3. The fourth-order valence-corrected chi connectivity index (χ4v) is 4.11. The normalized spacial score (nSPS) is 18.6. The molecule has 7 heteroatoms. The third-order valence-electron chi connectivity index (χ3n) is 4.11. The van der Waals surface area contributed by atoms with Crippen LogP contribution < -0.4 is 4.74 Å². The molecule has 140 valence electrons. The molecule has 0 aromatic heterocycles. The van der Waals surface area contributed by atoms with E-state index in [-0.39, 0.29) is 11.2 Å². The van der Waals surface area contributed by atoms with Crippen LogP contribution in [0, 0.1) is 0 Å². The van der Waals surface area contributed by atoms with Crippen molar-refractivity contribution in [1.29, 1.82) is 0 Å². The van der Waals surface area contributed by atoms with Crippen LogP contribution in [0.3, 0.4) is 0 Å². The Morgan fingerprint density at radius 3 is 2.74 bits per heavy atom. The molecule has 2 aromatic carbocycles. The molecule has 0 saturated carbocycles. The number of carbonyl (C=O) groups is 1. The first kappa shape index (κ1) is 19.6. The minimum absolute atomic E-state index is 0.0836. The second-order valence-electron chi connectivity index (χ2n) is 5.94. The number of carbonyl (C=O) groups excluding carboxylic acids is 1. The molecule has 0 aliphatic carbocycles. The summed E-state index contributed by atoms with van der Waals surface area (Å²) in [5.41, 5.74) is 1.88. The third kappa shape index (κ3) is 4.78. The number of rotatable bonds is 6. The van der Waals surface area contributed by atoms with Crippen LogP contribution in [0.5, 0.6) is 5.75 Å². The van der Waals surface area contributed by atoms with E-state index in [1.165, 1.54) is 11.8 Å². The van der Waals surface area contributed by atoms with Crippen LogP contribution in [-0.2, 0) is 11.3 Å². The summed E-state index contributed by atoms with van der Waals surface area (Å²) in [6, 6.07) is 15.6. The molecule has 2 aromatic rings. The molecule has 1 atom stereocenters. The van der Waals surface area contributed by atoms with Gasteiger partial charge in [0.25, 0.3) is 0 Å². The maximum absolute atomic E-state index is 12.7. The predicted octanol–water partition coefficient (Wildman–Crippen LogP) is 4.70. The maximum Gasteiger partial charge on any atom is 0.242 e. The van der Waals surface area contributed by atoms with Gasteiger partial charge in [-0.25, -0.2) is 0 Å². The van der Waals surface area contributed by atoms with Crippen LogP contribution in [0.4, 0.5) is 0 Å². The Balaban J connectivity index is 1.84. The lowest BCUT2D eigenvalue weighted by atomic mass is 10.2. The summed E-state index contributed by atoms with van der Waals surface area (Å²) in [6.45, 7) is 2.51. The lowest BCUT2D eigenvalue weighted by Crippen LogP contribution is -2.31. The van der Waals surface area contributed by atoms with Crippen LogP contribution >= 0.6 is 27.7 Å². The Morgan fingerprint density at radius 1 is 1.26 bits per heavy atom. The minimum Gasteiger partial charge on any atom is -0.496 e. The first-order valence-electron chi connectivity index (χ1n) is 8.59. The summed E-state index contributed by atoms with van der Waals surface area (Å²) in [5, 5.41) is 9.07. The molecule has 1 aliphatic rings. The van der Waals surface area contributed by atoms with Crippen molar-refractivity contribution in [1.82, 2.24) is 4.90 Å². The van der Waals surface area contributed by atoms with Gasteiger partial charge >= 0.3 is 0 Å². The molecule has 1 unspecified atom stereocenters. The average Bonchev–Trinajstić information content (AvgIpc) is 2.98. The summed E-state index contributed by atoms with van der Waals surface area (Å²) in [7, 11) is 1.62. The Kier molecular flexibility index (Phi) is 6.68. The van der Waals surface area contributed by atoms with Crippen LogP contribution in [0.25, 0.3) is 0 Å². The van der Waals surface area contributed by atoms with E-state index in [4.69, 9.17) is 4.74 Å². The highest BCUT2D eigenvalue weighted by atomic mass is 79.9. The highest BCUT2D eigenvalue weighted by Crippen LogP contribution is 2.31. The van der Waals surface area contributed by atoms with E-state index in [2.05, 4.69) is 26.1 Å². The highest BCUT2D eigenvalue weighted by molar-refractivity contribution is 9.10. The Morgan fingerprint density at radius 2 is 2.04 bits per heavy atom. The van der Waals surface area contributed by atoms with Gasteiger partial charge in [0.2, 0.25) is 5.91 Å². The Hall–Kier alpha value is -2.12. The van der Waals surface area contributed by atoms with E-state index in [1.807, 2.05) is 55.5 Å². The van der Waals surface area contributed by atoms with Gasteiger partial charge in [0.05, 0.1) is 25.1 Å². The number of hydrogen-bond acceptors (Lipinski definition) is 5. The molecule has 27 heavy (non-hydrogen) atoms. The summed E-state index contributed by atoms with van der Waals surface area (Å²) in [5.74, 6) is 0.796. The number of halogens is 1. The number of ether oxygens (including phenoxy) is 1. The second-order valence-corrected chi connectivity index (χ2v) is 8.02. The summed E-state index contributed by atoms with van der Waals surface area (Å²) in [6.07, 6.45) is 2.40. The van der Waals surface area contributed by atoms with Gasteiger partial charge in [-0.05, 0) is 30.2 Å². The predicted molar refractivity (Wildman–Crippen MR) is 114 cm³/mol. The molecular formula is C20H20BrN3O2S. The molecule has 1 heterocycles. The first-order valence-corrected chi connectivity index (χ1v) is 10.3. The summed E-state index contributed by atoms with van der Waals surface area (Å²) >= 11 is 4.91. The number of methoxy groups -OCH3 is 1. The average molecular weight is 446 g/mol. The lowest BCUT2D eigenvalue weighted by Gasteiger charge is -2.15. The van der Waals surface area contributed by atoms with Gasteiger partial charge in [-0.3, -0.25) is 9.69 Å². The van der Waals surface area contributed by atoms with E-state index in [9.17, 15) is 4.79 Å². The SMILES string of the molecule is CCC1SC(=NN=Cc2cc(Br)ccc2OC)N(Cc2ccccc2)C1=O. The minimum atomic E-state index is -0.108. The van der Waals surface area contributed by atoms with Crippen LogP contribution in [0.1, 0.15) is 24.5 Å². The molecule has 0 N–H and O–H groups in total. The van der Waals surface area contributed by atoms with Crippen LogP contribution in [-0.4, -0.2) is 34.5 Å². The largest absolute Gasteiger partial charge is 0.496 e. The fourth-order valence-electron chi connectivity index (χ4n) is 2.70. The van der Waals surface area contributed by atoms with E-state index >= 15 is 0 Å². The molecule has 0 spiro atoms. The van der Waals surface area contributed by atoms with E-state index in [0.717, 1.165) is 22.0 Å². The van der Waals surface area contributed by atoms with Crippen molar-refractivity contribution in [3.05, 3.63) is 64.1 Å². The zero-order valence-corrected chi connectivity index (χ0v) is 17.5. The van der Waals surface area contributed by atoms with Gasteiger partial charge in [0.1, 0.15) is 5.75 Å². The number of benzene rings is 2. The molecule has 1 saturated heterocycles. The van der Waals surface area contributed by atoms with Gasteiger partial charge in [0, 0.05) is 10.0 Å². The fraction of sp³-hybridized carbons (Fsp3) is 0.250. The molecule has 0 radical (unpaired) electrons. The van der Waals surface area contributed by atoms with Crippen molar-refractivity contribution >= 4 is 45.0 Å². The molecule has 1 fully saturated rings. The lowest BCUT2D eigenvalue weighted by molar-refractivity contribution is -0.126. The molecule has 0 bridgehead atoms. The van der Waals surface area contributed by atoms with Gasteiger partial charge in [-0.2, -0.15) is 5.10 Å². The molecule has 5 nitrogen and oxygen atoms in total. The Bertz CT molecular complexity index is 871. The topological polar surface area (TPSA) is 54.3 Å². The summed E-state index contributed by atoms with van der Waals surface area (Å²) < 4.78 is 6.27. The van der Waals surface area contributed by atoms with E-state index < -0.39 is 0 Å². The second kappa shape index (κ2) is 9.19. The number of amides is 1. The molecule has 1 aliphatic heterocycles. The van der Waals surface area contributed by atoms with E-state index in [0.29, 0.717) is 17.5 Å². The van der Waals surface area contributed by atoms with Gasteiger partial charge in [-0.1, -0.05) is 64.9 Å². The smallest absolute Gasteiger partial charge is 0.242 e. The zero-order chi connectivity index (χ0) is 19.2. The number of thioether (sulfide) groups is 1. The van der Waals surface area contributed by atoms with Gasteiger partial charge in [0.15, 0.2) is 5.17 Å². The van der Waals surface area contributed by atoms with Crippen molar-refractivity contribution in [3.63, 3.8) is 0 Å². The zero-order valence-electron chi connectivity index (χ0n) is 15.1.